The Morgan fingerprint density at radius 3 is 2.89 bits per heavy atom. The quantitative estimate of drug-likeness (QED) is 0.506. The second-order valence-corrected chi connectivity index (χ2v) is 7.36. The Morgan fingerprint density at radius 1 is 1.42 bits per heavy atom. The van der Waals surface area contributed by atoms with Gasteiger partial charge in [0.15, 0.2) is 0 Å². The molecule has 0 saturated carbocycles. The normalized spacial score (nSPS) is 19.3. The number of hydrogen-bond donors (Lipinski definition) is 1. The lowest BCUT2D eigenvalue weighted by atomic mass is 9.98. The van der Waals surface area contributed by atoms with E-state index in [-0.39, 0.29) is 5.41 Å². The Hall–Kier alpha value is -0.820. The summed E-state index contributed by atoms with van der Waals surface area (Å²) in [5.74, 6) is 12.4. The molecule has 0 aliphatic heterocycles. The zero-order chi connectivity index (χ0) is 13.9. The lowest BCUT2D eigenvalue weighted by molar-refractivity contribution is 0.121. The van der Waals surface area contributed by atoms with E-state index in [9.17, 15) is 0 Å². The number of aryl methyl sites for hydroxylation is 1. The first kappa shape index (κ1) is 14.6. The zero-order valence-corrected chi connectivity index (χ0v) is 12.9. The van der Waals surface area contributed by atoms with Gasteiger partial charge in [0.1, 0.15) is 0 Å². The second kappa shape index (κ2) is 6.09. The van der Waals surface area contributed by atoms with Crippen LogP contribution >= 0.6 is 11.3 Å². The molecule has 2 N–H and O–H groups in total. The SMILES string of the molecule is CC(C)(C)C#Cc1cc2c(s1)C(CON)CCCC2. The first-order valence-electron chi connectivity index (χ1n) is 6.97. The van der Waals surface area contributed by atoms with Crippen LogP contribution in [0.4, 0.5) is 0 Å². The molecule has 1 unspecified atom stereocenters. The maximum Gasteiger partial charge on any atom is 0.0774 e. The van der Waals surface area contributed by atoms with Crippen molar-refractivity contribution >= 4 is 11.3 Å². The molecule has 0 radical (unpaired) electrons. The Balaban J connectivity index is 2.26. The molecule has 1 heterocycles. The molecule has 1 aromatic rings. The molecule has 0 fully saturated rings. The predicted molar refractivity (Wildman–Crippen MR) is 81.1 cm³/mol. The van der Waals surface area contributed by atoms with Crippen LogP contribution in [0.3, 0.4) is 0 Å². The predicted octanol–water partition coefficient (Wildman–Crippen LogP) is 3.85. The maximum atomic E-state index is 5.27. The average molecular weight is 277 g/mol. The van der Waals surface area contributed by atoms with E-state index >= 15 is 0 Å². The summed E-state index contributed by atoms with van der Waals surface area (Å²) in [5, 5.41) is 0. The molecule has 19 heavy (non-hydrogen) atoms. The Kier molecular flexibility index (Phi) is 4.67. The molecule has 0 amide bonds. The average Bonchev–Trinajstić information content (AvgIpc) is 2.65. The summed E-state index contributed by atoms with van der Waals surface area (Å²) in [4.78, 5) is 7.52. The third kappa shape index (κ3) is 4.07. The van der Waals surface area contributed by atoms with Crippen LogP contribution in [0.5, 0.6) is 0 Å². The van der Waals surface area contributed by atoms with Crippen molar-refractivity contribution in [3.63, 3.8) is 0 Å². The van der Waals surface area contributed by atoms with Gasteiger partial charge in [-0.2, -0.15) is 0 Å². The topological polar surface area (TPSA) is 35.2 Å². The van der Waals surface area contributed by atoms with E-state index in [0.29, 0.717) is 12.5 Å². The van der Waals surface area contributed by atoms with Crippen LogP contribution in [0.25, 0.3) is 0 Å². The van der Waals surface area contributed by atoms with Gasteiger partial charge in [-0.25, -0.2) is 5.90 Å². The third-order valence-electron chi connectivity index (χ3n) is 3.32. The molecule has 1 aromatic heterocycles. The van der Waals surface area contributed by atoms with E-state index in [2.05, 4.69) is 38.7 Å². The number of hydrogen-bond acceptors (Lipinski definition) is 3. The van der Waals surface area contributed by atoms with Gasteiger partial charge < -0.3 is 4.84 Å². The van der Waals surface area contributed by atoms with Gasteiger partial charge >= 0.3 is 0 Å². The second-order valence-electron chi connectivity index (χ2n) is 6.28. The van der Waals surface area contributed by atoms with Gasteiger partial charge in [0.2, 0.25) is 0 Å². The van der Waals surface area contributed by atoms with E-state index in [1.54, 1.807) is 0 Å². The maximum absolute atomic E-state index is 5.27. The van der Waals surface area contributed by atoms with Crippen molar-refractivity contribution in [1.29, 1.82) is 0 Å². The summed E-state index contributed by atoms with van der Waals surface area (Å²) in [6.07, 6.45) is 4.87. The van der Waals surface area contributed by atoms with E-state index < -0.39 is 0 Å². The van der Waals surface area contributed by atoms with E-state index in [4.69, 9.17) is 10.7 Å². The number of nitrogens with two attached hydrogens (primary N) is 1. The Morgan fingerprint density at radius 2 is 2.21 bits per heavy atom. The monoisotopic (exact) mass is 277 g/mol. The van der Waals surface area contributed by atoms with Gasteiger partial charge in [-0.05, 0) is 51.7 Å². The van der Waals surface area contributed by atoms with Crippen molar-refractivity contribution in [3.05, 3.63) is 21.4 Å². The van der Waals surface area contributed by atoms with Crippen molar-refractivity contribution < 1.29 is 4.84 Å². The van der Waals surface area contributed by atoms with Gasteiger partial charge in [-0.3, -0.25) is 0 Å². The molecule has 1 aliphatic rings. The van der Waals surface area contributed by atoms with Crippen LogP contribution in [0.1, 0.15) is 61.3 Å². The lowest BCUT2D eigenvalue weighted by Gasteiger charge is -2.12. The molecule has 2 rings (SSSR count). The summed E-state index contributed by atoms with van der Waals surface area (Å²) in [6, 6.07) is 2.27. The molecule has 0 spiro atoms. The molecule has 2 nitrogen and oxygen atoms in total. The fourth-order valence-corrected chi connectivity index (χ4v) is 3.59. The summed E-state index contributed by atoms with van der Waals surface area (Å²) < 4.78 is 0. The highest BCUT2D eigenvalue weighted by atomic mass is 32.1. The van der Waals surface area contributed by atoms with Crippen molar-refractivity contribution in [3.8, 4) is 11.8 Å². The minimum Gasteiger partial charge on any atom is -0.304 e. The lowest BCUT2D eigenvalue weighted by Crippen LogP contribution is -2.10. The van der Waals surface area contributed by atoms with Crippen molar-refractivity contribution in [2.24, 2.45) is 11.3 Å². The molecular weight excluding hydrogens is 254 g/mol. The largest absolute Gasteiger partial charge is 0.304 e. The Labute approximate surface area is 120 Å². The molecule has 3 heteroatoms. The zero-order valence-electron chi connectivity index (χ0n) is 12.1. The van der Waals surface area contributed by atoms with Gasteiger partial charge in [0, 0.05) is 16.2 Å². The van der Waals surface area contributed by atoms with E-state index in [0.717, 1.165) is 0 Å². The van der Waals surface area contributed by atoms with Crippen molar-refractivity contribution in [2.45, 2.75) is 52.4 Å². The van der Waals surface area contributed by atoms with Crippen LogP contribution in [0, 0.1) is 17.3 Å². The fourth-order valence-electron chi connectivity index (χ4n) is 2.41. The summed E-state index contributed by atoms with van der Waals surface area (Å²) in [6.45, 7) is 7.05. The van der Waals surface area contributed by atoms with Gasteiger partial charge in [0.05, 0.1) is 11.5 Å². The van der Waals surface area contributed by atoms with E-state index in [1.807, 2.05) is 11.3 Å². The smallest absolute Gasteiger partial charge is 0.0774 e. The van der Waals surface area contributed by atoms with Gasteiger partial charge in [0.25, 0.3) is 0 Å². The first-order chi connectivity index (χ1) is 8.99. The molecule has 0 aromatic carbocycles. The molecular formula is C16H23NOS. The number of fused-ring (bicyclic) bond motifs is 1. The van der Waals surface area contributed by atoms with Crippen LogP contribution in [-0.4, -0.2) is 6.61 Å². The highest BCUT2D eigenvalue weighted by Crippen LogP contribution is 2.36. The van der Waals surface area contributed by atoms with Gasteiger partial charge in [-0.1, -0.05) is 18.3 Å². The molecule has 1 atom stereocenters. The third-order valence-corrected chi connectivity index (χ3v) is 4.57. The number of rotatable bonds is 2. The van der Waals surface area contributed by atoms with E-state index in [1.165, 1.54) is 41.0 Å². The highest BCUT2D eigenvalue weighted by molar-refractivity contribution is 7.12. The molecule has 1 aliphatic carbocycles. The van der Waals surface area contributed by atoms with Crippen molar-refractivity contribution in [2.75, 3.05) is 6.61 Å². The molecule has 104 valence electrons. The minimum absolute atomic E-state index is 0.0567. The molecule has 0 bridgehead atoms. The highest BCUT2D eigenvalue weighted by Gasteiger charge is 2.21. The minimum atomic E-state index is 0.0567. The van der Waals surface area contributed by atoms with Crippen LogP contribution in [0.2, 0.25) is 0 Å². The van der Waals surface area contributed by atoms with Crippen LogP contribution in [0.15, 0.2) is 6.07 Å². The fraction of sp³-hybridized carbons (Fsp3) is 0.625. The Bertz CT molecular complexity index is 487. The summed E-state index contributed by atoms with van der Waals surface area (Å²) in [5.41, 5.74) is 1.52. The van der Waals surface area contributed by atoms with Crippen LogP contribution in [-0.2, 0) is 11.3 Å². The van der Waals surface area contributed by atoms with Gasteiger partial charge in [-0.15, -0.1) is 11.3 Å². The summed E-state index contributed by atoms with van der Waals surface area (Å²) in [7, 11) is 0. The number of thiophene rings is 1. The first-order valence-corrected chi connectivity index (χ1v) is 7.79. The van der Waals surface area contributed by atoms with Crippen LogP contribution < -0.4 is 5.90 Å². The molecule has 0 saturated heterocycles. The van der Waals surface area contributed by atoms with Crippen molar-refractivity contribution in [1.82, 2.24) is 0 Å². The summed E-state index contributed by atoms with van der Waals surface area (Å²) >= 11 is 1.83. The standard InChI is InChI=1S/C16H23NOS/c1-16(2,3)9-8-14-10-12-6-4-5-7-13(11-18-17)15(12)19-14/h10,13H,4-7,11,17H2,1-3H3.